The Hall–Kier alpha value is -2.04. The van der Waals surface area contributed by atoms with Crippen LogP contribution in [0.3, 0.4) is 0 Å². The molecule has 1 amide bonds. The fourth-order valence-electron chi connectivity index (χ4n) is 3.39. The Kier molecular flexibility index (Phi) is 4.21. The molecule has 1 aromatic rings. The molecule has 1 aliphatic rings. The van der Waals surface area contributed by atoms with Crippen LogP contribution in [0, 0.1) is 5.92 Å². The van der Waals surface area contributed by atoms with Gasteiger partial charge in [0.15, 0.2) is 0 Å². The second-order valence-electron chi connectivity index (χ2n) is 5.58. The molecule has 114 valence electrons. The smallest absolute Gasteiger partial charge is 0.332 e. The zero-order valence-electron chi connectivity index (χ0n) is 12.8. The van der Waals surface area contributed by atoms with E-state index in [4.69, 9.17) is 9.47 Å². The van der Waals surface area contributed by atoms with E-state index < -0.39 is 11.5 Å². The molecule has 1 aliphatic carbocycles. The van der Waals surface area contributed by atoms with Crippen LogP contribution in [-0.4, -0.2) is 31.6 Å². The van der Waals surface area contributed by atoms with Gasteiger partial charge in [-0.1, -0.05) is 19.1 Å². The molecule has 1 fully saturated rings. The Morgan fingerprint density at radius 2 is 1.86 bits per heavy atom. The van der Waals surface area contributed by atoms with Gasteiger partial charge in [-0.25, -0.2) is 4.79 Å². The summed E-state index contributed by atoms with van der Waals surface area (Å²) in [6.45, 7) is 3.48. The minimum atomic E-state index is -0.964. The van der Waals surface area contributed by atoms with E-state index in [-0.39, 0.29) is 17.7 Å². The van der Waals surface area contributed by atoms with Crippen molar-refractivity contribution >= 4 is 11.9 Å². The van der Waals surface area contributed by atoms with Crippen molar-refractivity contribution in [1.82, 2.24) is 5.32 Å². The highest BCUT2D eigenvalue weighted by molar-refractivity contribution is 5.89. The van der Waals surface area contributed by atoms with E-state index in [0.29, 0.717) is 6.42 Å². The molecule has 0 spiro atoms. The third kappa shape index (κ3) is 2.60. The fourth-order valence-corrected chi connectivity index (χ4v) is 3.39. The lowest BCUT2D eigenvalue weighted by Gasteiger charge is -2.52. The highest BCUT2D eigenvalue weighted by Gasteiger charge is 2.59. The first-order valence-corrected chi connectivity index (χ1v) is 6.95. The van der Waals surface area contributed by atoms with Crippen LogP contribution in [0.1, 0.15) is 31.7 Å². The van der Waals surface area contributed by atoms with E-state index in [0.717, 1.165) is 11.3 Å². The number of ether oxygens (including phenoxy) is 2. The molecule has 0 bridgehead atoms. The van der Waals surface area contributed by atoms with Gasteiger partial charge in [0, 0.05) is 12.8 Å². The minimum absolute atomic E-state index is 0.0974. The van der Waals surface area contributed by atoms with Gasteiger partial charge in [-0.3, -0.25) is 4.79 Å². The maximum absolute atomic E-state index is 12.2. The van der Waals surface area contributed by atoms with Crippen molar-refractivity contribution in [3.63, 3.8) is 0 Å². The van der Waals surface area contributed by atoms with Gasteiger partial charge in [-0.05, 0) is 30.0 Å². The first-order valence-electron chi connectivity index (χ1n) is 6.95. The number of esters is 1. The van der Waals surface area contributed by atoms with Crippen LogP contribution in [0.15, 0.2) is 24.3 Å². The van der Waals surface area contributed by atoms with Gasteiger partial charge in [-0.15, -0.1) is 0 Å². The van der Waals surface area contributed by atoms with E-state index in [1.165, 1.54) is 14.0 Å². The largest absolute Gasteiger partial charge is 0.497 e. The molecule has 0 heterocycles. The number of benzene rings is 1. The summed E-state index contributed by atoms with van der Waals surface area (Å²) in [6, 6.07) is 7.57. The molecule has 1 saturated carbocycles. The second kappa shape index (κ2) is 5.76. The summed E-state index contributed by atoms with van der Waals surface area (Å²) < 4.78 is 10.1. The highest BCUT2D eigenvalue weighted by Crippen LogP contribution is 2.51. The molecule has 0 unspecified atom stereocenters. The molecule has 0 radical (unpaired) electrons. The van der Waals surface area contributed by atoms with Crippen LogP contribution in [0.25, 0.3) is 0 Å². The summed E-state index contributed by atoms with van der Waals surface area (Å²) in [4.78, 5) is 23.8. The fraction of sp³-hybridized carbons (Fsp3) is 0.500. The summed E-state index contributed by atoms with van der Waals surface area (Å²) in [5, 5.41) is 2.81. The number of rotatable bonds is 4. The molecular formula is C16H21NO4. The normalized spacial score (nSPS) is 27.4. The summed E-state index contributed by atoms with van der Waals surface area (Å²) in [5.41, 5.74) is 0.0305. The molecule has 21 heavy (non-hydrogen) atoms. The van der Waals surface area contributed by atoms with Crippen LogP contribution in [0.4, 0.5) is 0 Å². The Balaban J connectivity index is 2.37. The van der Waals surface area contributed by atoms with Gasteiger partial charge in [0.25, 0.3) is 0 Å². The average Bonchev–Trinajstić information content (AvgIpc) is 2.45. The van der Waals surface area contributed by atoms with Crippen molar-refractivity contribution in [3.05, 3.63) is 29.8 Å². The Morgan fingerprint density at radius 1 is 1.24 bits per heavy atom. The number of nitrogens with one attached hydrogen (secondary N) is 1. The van der Waals surface area contributed by atoms with E-state index >= 15 is 0 Å². The molecule has 2 rings (SSSR count). The maximum Gasteiger partial charge on any atom is 0.332 e. The zero-order valence-corrected chi connectivity index (χ0v) is 12.8. The van der Waals surface area contributed by atoms with Gasteiger partial charge in [0.1, 0.15) is 11.3 Å². The first kappa shape index (κ1) is 15.4. The lowest BCUT2D eigenvalue weighted by Crippen LogP contribution is -2.67. The van der Waals surface area contributed by atoms with Crippen molar-refractivity contribution in [2.24, 2.45) is 5.92 Å². The quantitative estimate of drug-likeness (QED) is 0.860. The number of hydrogen-bond donors (Lipinski definition) is 1. The van der Waals surface area contributed by atoms with E-state index in [1.54, 1.807) is 7.11 Å². The molecule has 1 aromatic carbocycles. The molecule has 0 aromatic heterocycles. The monoisotopic (exact) mass is 291 g/mol. The van der Waals surface area contributed by atoms with Gasteiger partial charge >= 0.3 is 5.97 Å². The Bertz CT molecular complexity index is 540. The Labute approximate surface area is 124 Å². The zero-order chi connectivity index (χ0) is 15.6. The topological polar surface area (TPSA) is 64.6 Å². The van der Waals surface area contributed by atoms with E-state index in [1.807, 2.05) is 24.3 Å². The predicted octanol–water partition coefficient (Wildman–Crippen LogP) is 1.87. The summed E-state index contributed by atoms with van der Waals surface area (Å²) in [5.74, 6) is 0.320. The van der Waals surface area contributed by atoms with Crippen molar-refractivity contribution in [2.45, 2.75) is 31.7 Å². The van der Waals surface area contributed by atoms with Gasteiger partial charge in [0.2, 0.25) is 5.91 Å². The van der Waals surface area contributed by atoms with E-state index in [2.05, 4.69) is 12.2 Å². The van der Waals surface area contributed by atoms with Crippen LogP contribution in [0.2, 0.25) is 0 Å². The predicted molar refractivity (Wildman–Crippen MR) is 78.1 cm³/mol. The SMILES string of the molecule is COC(=O)[C@@]1(NC(C)=O)C[C@@H](C)[C@@H]1c1ccc(OC)cc1. The molecule has 0 aliphatic heterocycles. The summed E-state index contributed by atoms with van der Waals surface area (Å²) in [7, 11) is 2.96. The Morgan fingerprint density at radius 3 is 2.29 bits per heavy atom. The molecule has 0 saturated heterocycles. The van der Waals surface area contributed by atoms with Gasteiger partial charge in [-0.2, -0.15) is 0 Å². The minimum Gasteiger partial charge on any atom is -0.497 e. The third-order valence-electron chi connectivity index (χ3n) is 4.17. The van der Waals surface area contributed by atoms with Crippen LogP contribution in [-0.2, 0) is 14.3 Å². The van der Waals surface area contributed by atoms with Crippen molar-refractivity contribution in [3.8, 4) is 5.75 Å². The standard InChI is InChI=1S/C16H21NO4/c1-10-9-16(15(19)21-4,17-11(2)18)14(10)12-5-7-13(20-3)8-6-12/h5-8,10,14H,9H2,1-4H3,(H,17,18)/t10-,14-,16-/m1/s1. The van der Waals surface area contributed by atoms with E-state index in [9.17, 15) is 9.59 Å². The third-order valence-corrected chi connectivity index (χ3v) is 4.17. The average molecular weight is 291 g/mol. The molecule has 1 N–H and O–H groups in total. The van der Waals surface area contributed by atoms with Crippen LogP contribution >= 0.6 is 0 Å². The summed E-state index contributed by atoms with van der Waals surface area (Å²) in [6.07, 6.45) is 0.579. The van der Waals surface area contributed by atoms with Gasteiger partial charge < -0.3 is 14.8 Å². The van der Waals surface area contributed by atoms with Crippen LogP contribution in [0.5, 0.6) is 5.75 Å². The van der Waals surface area contributed by atoms with Crippen LogP contribution < -0.4 is 10.1 Å². The molecule has 5 heteroatoms. The molecule has 5 nitrogen and oxygen atoms in total. The number of hydrogen-bond acceptors (Lipinski definition) is 4. The lowest BCUT2D eigenvalue weighted by molar-refractivity contribution is -0.159. The molecule has 3 atom stereocenters. The number of carbonyl (C=O) groups is 2. The molecular weight excluding hydrogens is 270 g/mol. The highest BCUT2D eigenvalue weighted by atomic mass is 16.5. The second-order valence-corrected chi connectivity index (χ2v) is 5.58. The van der Waals surface area contributed by atoms with Gasteiger partial charge in [0.05, 0.1) is 14.2 Å². The number of methoxy groups -OCH3 is 2. The van der Waals surface area contributed by atoms with Crippen molar-refractivity contribution in [1.29, 1.82) is 0 Å². The van der Waals surface area contributed by atoms with Crippen molar-refractivity contribution < 1.29 is 19.1 Å². The number of amides is 1. The van der Waals surface area contributed by atoms with Crippen molar-refractivity contribution in [2.75, 3.05) is 14.2 Å². The number of carbonyl (C=O) groups excluding carboxylic acids is 2. The maximum atomic E-state index is 12.2. The lowest BCUT2D eigenvalue weighted by atomic mass is 9.57. The first-order chi connectivity index (χ1) is 9.94. The summed E-state index contributed by atoms with van der Waals surface area (Å²) >= 11 is 0.